The Morgan fingerprint density at radius 2 is 2.55 bits per heavy atom. The minimum Gasteiger partial charge on any atom is -0.481 e. The van der Waals surface area contributed by atoms with Crippen LogP contribution in [-0.2, 0) is 4.79 Å². The third kappa shape index (κ3) is 2.00. The molecule has 0 aromatic carbocycles. The predicted molar refractivity (Wildman–Crippen MR) is 40.6 cm³/mol. The monoisotopic (exact) mass is 154 g/mol. The molecule has 1 aliphatic heterocycles. The molecule has 0 saturated heterocycles. The summed E-state index contributed by atoms with van der Waals surface area (Å²) in [7, 11) is 0. The van der Waals surface area contributed by atoms with Crippen LogP contribution in [0.3, 0.4) is 0 Å². The second-order valence-corrected chi connectivity index (χ2v) is 2.31. The fraction of sp³-hybridized carbons (Fsp3) is 0.286. The quantitative estimate of drug-likeness (QED) is 0.514. The molecule has 0 aromatic heterocycles. The fourth-order valence-corrected chi connectivity index (χ4v) is 0.881. The van der Waals surface area contributed by atoms with E-state index in [2.05, 4.69) is 5.32 Å². The summed E-state index contributed by atoms with van der Waals surface area (Å²) in [4.78, 5) is 10.3. The highest BCUT2D eigenvalue weighted by atomic mass is 16.4. The lowest BCUT2D eigenvalue weighted by Crippen LogP contribution is -2.18. The average molecular weight is 154 g/mol. The Morgan fingerprint density at radius 3 is 3.09 bits per heavy atom. The number of rotatable bonds is 2. The molecule has 0 aromatic rings. The highest BCUT2D eigenvalue weighted by Crippen LogP contribution is 2.10. The maximum atomic E-state index is 10.3. The summed E-state index contributed by atoms with van der Waals surface area (Å²) >= 11 is 0. The molecule has 4 N–H and O–H groups in total. The van der Waals surface area contributed by atoms with Crippen molar-refractivity contribution < 1.29 is 9.90 Å². The predicted octanol–water partition coefficient (Wildman–Crippen LogP) is -0.209. The van der Waals surface area contributed by atoms with Crippen LogP contribution < -0.4 is 11.1 Å². The smallest absolute Gasteiger partial charge is 0.307 e. The van der Waals surface area contributed by atoms with Gasteiger partial charge in [-0.2, -0.15) is 0 Å². The molecule has 1 rings (SSSR count). The largest absolute Gasteiger partial charge is 0.481 e. The van der Waals surface area contributed by atoms with Gasteiger partial charge in [-0.3, -0.25) is 4.79 Å². The van der Waals surface area contributed by atoms with Crippen molar-refractivity contribution in [3.63, 3.8) is 0 Å². The second kappa shape index (κ2) is 3.09. The van der Waals surface area contributed by atoms with Crippen molar-refractivity contribution in [2.75, 3.05) is 6.54 Å². The topological polar surface area (TPSA) is 75.3 Å². The van der Waals surface area contributed by atoms with Crippen LogP contribution in [-0.4, -0.2) is 17.6 Å². The molecule has 0 unspecified atom stereocenters. The maximum absolute atomic E-state index is 10.3. The molecule has 0 saturated carbocycles. The SMILES string of the molecule is NC1=CCNC=C1CC(=O)O. The van der Waals surface area contributed by atoms with Crippen LogP contribution in [0.15, 0.2) is 23.5 Å². The van der Waals surface area contributed by atoms with Crippen molar-refractivity contribution in [3.05, 3.63) is 23.5 Å². The van der Waals surface area contributed by atoms with E-state index in [1.165, 1.54) is 0 Å². The van der Waals surface area contributed by atoms with Gasteiger partial charge in [0, 0.05) is 24.0 Å². The van der Waals surface area contributed by atoms with E-state index in [1.807, 2.05) is 0 Å². The molecule has 1 heterocycles. The Bertz CT molecular complexity index is 231. The zero-order chi connectivity index (χ0) is 8.27. The molecule has 0 radical (unpaired) electrons. The van der Waals surface area contributed by atoms with E-state index in [0.29, 0.717) is 17.8 Å². The number of dihydropyridines is 1. The molecule has 1 aliphatic rings. The normalized spacial score (nSPS) is 16.4. The highest BCUT2D eigenvalue weighted by molar-refractivity contribution is 5.71. The molecular formula is C7H10N2O2. The van der Waals surface area contributed by atoms with Gasteiger partial charge in [0.15, 0.2) is 0 Å². The van der Waals surface area contributed by atoms with E-state index in [1.54, 1.807) is 12.3 Å². The zero-order valence-corrected chi connectivity index (χ0v) is 6.00. The molecule has 0 bridgehead atoms. The Labute approximate surface area is 64.4 Å². The number of carbonyl (C=O) groups is 1. The third-order valence-electron chi connectivity index (χ3n) is 1.43. The minimum absolute atomic E-state index is 0.0185. The van der Waals surface area contributed by atoms with Gasteiger partial charge >= 0.3 is 5.97 Å². The molecule has 11 heavy (non-hydrogen) atoms. The van der Waals surface area contributed by atoms with Gasteiger partial charge in [-0.25, -0.2) is 0 Å². The highest BCUT2D eigenvalue weighted by Gasteiger charge is 2.08. The molecule has 0 aliphatic carbocycles. The first kappa shape index (κ1) is 7.65. The summed E-state index contributed by atoms with van der Waals surface area (Å²) in [6.45, 7) is 0.676. The van der Waals surface area contributed by atoms with Crippen LogP contribution in [0.1, 0.15) is 6.42 Å². The number of hydrogen-bond donors (Lipinski definition) is 3. The van der Waals surface area contributed by atoms with Crippen LogP contribution in [0.5, 0.6) is 0 Å². The number of carboxylic acids is 1. The van der Waals surface area contributed by atoms with Gasteiger partial charge in [0.05, 0.1) is 6.42 Å². The average Bonchev–Trinajstić information content (AvgIpc) is 1.93. The van der Waals surface area contributed by atoms with Gasteiger partial charge < -0.3 is 16.2 Å². The Morgan fingerprint density at radius 1 is 1.82 bits per heavy atom. The second-order valence-electron chi connectivity index (χ2n) is 2.31. The van der Waals surface area contributed by atoms with E-state index >= 15 is 0 Å². The van der Waals surface area contributed by atoms with Gasteiger partial charge in [-0.1, -0.05) is 0 Å². The number of hydrogen-bond acceptors (Lipinski definition) is 3. The lowest BCUT2D eigenvalue weighted by Gasteiger charge is -2.11. The summed E-state index contributed by atoms with van der Waals surface area (Å²) in [5.74, 6) is -0.865. The van der Waals surface area contributed by atoms with E-state index in [9.17, 15) is 4.79 Å². The minimum atomic E-state index is -0.865. The summed E-state index contributed by atoms with van der Waals surface area (Å²) in [5, 5.41) is 11.3. The number of aliphatic carboxylic acids is 1. The van der Waals surface area contributed by atoms with Gasteiger partial charge in [0.2, 0.25) is 0 Å². The van der Waals surface area contributed by atoms with Crippen LogP contribution >= 0.6 is 0 Å². The van der Waals surface area contributed by atoms with Crippen molar-refractivity contribution in [2.24, 2.45) is 5.73 Å². The number of nitrogens with two attached hydrogens (primary N) is 1. The van der Waals surface area contributed by atoms with E-state index in [4.69, 9.17) is 10.8 Å². The van der Waals surface area contributed by atoms with Crippen molar-refractivity contribution in [2.45, 2.75) is 6.42 Å². The van der Waals surface area contributed by atoms with Gasteiger partial charge in [0.1, 0.15) is 0 Å². The van der Waals surface area contributed by atoms with Crippen molar-refractivity contribution in [1.82, 2.24) is 5.32 Å². The number of nitrogens with one attached hydrogen (secondary N) is 1. The molecule has 4 heteroatoms. The molecule has 0 atom stereocenters. The first-order valence-electron chi connectivity index (χ1n) is 3.30. The molecule has 60 valence electrons. The summed E-state index contributed by atoms with van der Waals surface area (Å²) in [5.41, 5.74) is 6.72. The van der Waals surface area contributed by atoms with Gasteiger partial charge in [-0.15, -0.1) is 0 Å². The molecule has 4 nitrogen and oxygen atoms in total. The van der Waals surface area contributed by atoms with Crippen molar-refractivity contribution in [3.8, 4) is 0 Å². The third-order valence-corrected chi connectivity index (χ3v) is 1.43. The van der Waals surface area contributed by atoms with Crippen molar-refractivity contribution >= 4 is 5.97 Å². The molecular weight excluding hydrogens is 144 g/mol. The molecule has 0 amide bonds. The first-order valence-corrected chi connectivity index (χ1v) is 3.30. The molecule has 0 spiro atoms. The van der Waals surface area contributed by atoms with E-state index in [-0.39, 0.29) is 6.42 Å². The Hall–Kier alpha value is -1.45. The van der Waals surface area contributed by atoms with Crippen LogP contribution in [0, 0.1) is 0 Å². The summed E-state index contributed by atoms with van der Waals surface area (Å²) in [6.07, 6.45) is 3.39. The summed E-state index contributed by atoms with van der Waals surface area (Å²) < 4.78 is 0. The number of carboxylic acid groups (broad SMARTS) is 1. The van der Waals surface area contributed by atoms with E-state index in [0.717, 1.165) is 0 Å². The van der Waals surface area contributed by atoms with Crippen LogP contribution in [0.2, 0.25) is 0 Å². The van der Waals surface area contributed by atoms with E-state index < -0.39 is 5.97 Å². The van der Waals surface area contributed by atoms with Crippen LogP contribution in [0.4, 0.5) is 0 Å². The van der Waals surface area contributed by atoms with Crippen molar-refractivity contribution in [1.29, 1.82) is 0 Å². The van der Waals surface area contributed by atoms with Gasteiger partial charge in [0.25, 0.3) is 0 Å². The van der Waals surface area contributed by atoms with Crippen LogP contribution in [0.25, 0.3) is 0 Å². The molecule has 0 fully saturated rings. The lowest BCUT2D eigenvalue weighted by atomic mass is 10.1. The lowest BCUT2D eigenvalue weighted by molar-refractivity contribution is -0.136. The summed E-state index contributed by atoms with van der Waals surface area (Å²) in [6, 6.07) is 0. The number of allylic oxidation sites excluding steroid dienone is 1. The Balaban J connectivity index is 2.63. The standard InChI is InChI=1S/C7H10N2O2/c8-6-1-2-9-4-5(6)3-7(10)11/h1,4,9H,2-3,8H2,(H,10,11). The first-order chi connectivity index (χ1) is 5.20. The Kier molecular flexibility index (Phi) is 2.15. The zero-order valence-electron chi connectivity index (χ0n) is 6.00. The fourth-order valence-electron chi connectivity index (χ4n) is 0.881. The maximum Gasteiger partial charge on any atom is 0.307 e. The van der Waals surface area contributed by atoms with Gasteiger partial charge in [-0.05, 0) is 6.08 Å².